The minimum absolute atomic E-state index is 0.00809. The number of rotatable bonds is 7. The van der Waals surface area contributed by atoms with Gasteiger partial charge in [0.05, 0.1) is 45.9 Å². The highest BCUT2D eigenvalue weighted by molar-refractivity contribution is 6.32. The molecule has 11 nitrogen and oxygen atoms in total. The number of carbonyl (C=O) groups excluding carboxylic acids is 4. The summed E-state index contributed by atoms with van der Waals surface area (Å²) in [5, 5.41) is 12.8. The van der Waals surface area contributed by atoms with E-state index in [2.05, 4.69) is 5.32 Å². The van der Waals surface area contributed by atoms with Crippen LogP contribution in [-0.2, 0) is 19.1 Å². The molecular weight excluding hydrogens is 541 g/mol. The van der Waals surface area contributed by atoms with E-state index in [4.69, 9.17) is 32.7 Å². The normalized spacial score (nSPS) is 27.3. The highest BCUT2D eigenvalue weighted by Gasteiger charge is 2.66. The summed E-state index contributed by atoms with van der Waals surface area (Å²) in [5.74, 6) is -3.59. The van der Waals surface area contributed by atoms with Gasteiger partial charge in [-0.1, -0.05) is 6.07 Å². The van der Waals surface area contributed by atoms with Crippen molar-refractivity contribution in [2.24, 2.45) is 23.7 Å². The van der Waals surface area contributed by atoms with Crippen LogP contribution < -0.4 is 15.0 Å². The zero-order valence-electron chi connectivity index (χ0n) is 19.8. The predicted octanol–water partition coefficient (Wildman–Crippen LogP) is 3.37. The molecule has 3 fully saturated rings. The van der Waals surface area contributed by atoms with Gasteiger partial charge in [0.1, 0.15) is 11.4 Å². The number of esters is 1. The Morgan fingerprint density at radius 1 is 1.08 bits per heavy atom. The zero-order chi connectivity index (χ0) is 27.3. The van der Waals surface area contributed by atoms with Crippen LogP contribution in [0, 0.1) is 33.8 Å². The molecule has 1 saturated heterocycles. The Hall–Kier alpha value is -3.70. The second-order valence-corrected chi connectivity index (χ2v) is 10.3. The van der Waals surface area contributed by atoms with Crippen molar-refractivity contribution in [1.82, 2.24) is 0 Å². The molecule has 3 aliphatic rings. The Labute approximate surface area is 226 Å². The van der Waals surface area contributed by atoms with Gasteiger partial charge >= 0.3 is 5.97 Å². The Balaban J connectivity index is 1.26. The van der Waals surface area contributed by atoms with Crippen LogP contribution in [0.15, 0.2) is 42.5 Å². The molecule has 2 saturated carbocycles. The Bertz CT molecular complexity index is 1340. The van der Waals surface area contributed by atoms with E-state index in [-0.39, 0.29) is 62.8 Å². The molecule has 0 aromatic heterocycles. The minimum Gasteiger partial charge on any atom is -0.497 e. The predicted molar refractivity (Wildman–Crippen MR) is 135 cm³/mol. The maximum absolute atomic E-state index is 13.2. The molecule has 1 aliphatic heterocycles. The lowest BCUT2D eigenvalue weighted by molar-refractivity contribution is -0.383. The summed E-state index contributed by atoms with van der Waals surface area (Å²) < 4.78 is 10.1. The molecular formula is C25H21Cl2N3O8. The van der Waals surface area contributed by atoms with Gasteiger partial charge in [0.15, 0.2) is 6.61 Å². The van der Waals surface area contributed by atoms with E-state index in [0.29, 0.717) is 6.42 Å². The van der Waals surface area contributed by atoms with Crippen LogP contribution in [-0.4, -0.2) is 53.1 Å². The van der Waals surface area contributed by atoms with E-state index >= 15 is 0 Å². The number of fused-ring (bicyclic) bond motifs is 5. The van der Waals surface area contributed by atoms with Crippen molar-refractivity contribution in [2.45, 2.75) is 17.2 Å². The Kier molecular flexibility index (Phi) is 6.74. The first-order valence-electron chi connectivity index (χ1n) is 11.7. The number of nitrogens with one attached hydrogen (secondary N) is 1. The van der Waals surface area contributed by atoms with Gasteiger partial charge in [-0.2, -0.15) is 0 Å². The number of carbonyl (C=O) groups is 4. The molecule has 2 bridgehead atoms. The number of alkyl halides is 2. The van der Waals surface area contributed by atoms with Gasteiger partial charge in [-0.3, -0.25) is 29.4 Å². The van der Waals surface area contributed by atoms with E-state index in [9.17, 15) is 29.3 Å². The SMILES string of the molecule is COc1ccc([N+](=O)[O-])c(NC(=O)COC(=O)c2cccc(N3C(=O)[C@@H]4[C@H]5C[C@@H]([C@H](Cl)[C@@H]5Cl)[C@@H]4C3=O)c2)c1. The monoisotopic (exact) mass is 561 g/mol. The third-order valence-electron chi connectivity index (χ3n) is 7.34. The van der Waals surface area contributed by atoms with E-state index in [1.165, 1.54) is 49.6 Å². The van der Waals surface area contributed by atoms with E-state index in [1.54, 1.807) is 0 Å². The summed E-state index contributed by atoms with van der Waals surface area (Å²) in [6.07, 6.45) is 0.635. The van der Waals surface area contributed by atoms with Crippen LogP contribution >= 0.6 is 23.2 Å². The van der Waals surface area contributed by atoms with Crippen molar-refractivity contribution in [1.29, 1.82) is 0 Å². The Morgan fingerprint density at radius 3 is 2.34 bits per heavy atom. The lowest BCUT2D eigenvalue weighted by Gasteiger charge is -2.28. The van der Waals surface area contributed by atoms with Gasteiger partial charge in [0.25, 0.3) is 11.6 Å². The standard InChI is InChI=1S/C25H21Cl2N3O8/c1-37-13-5-6-17(30(35)36)16(8-13)28-18(31)10-38-25(34)11-3-2-4-12(7-11)29-23(32)19-14-9-15(20(19)24(29)33)22(27)21(14)26/h2-8,14-15,19-22H,9-10H2,1H3,(H,28,31)/t14-,15-,19-,20+,21-,22+/m1/s1. The molecule has 198 valence electrons. The minimum atomic E-state index is -0.886. The van der Waals surface area contributed by atoms with E-state index < -0.39 is 35.2 Å². The summed E-state index contributed by atoms with van der Waals surface area (Å²) in [7, 11) is 1.37. The lowest BCUT2D eigenvalue weighted by Crippen LogP contribution is -2.37. The van der Waals surface area contributed by atoms with Crippen molar-refractivity contribution in [3.63, 3.8) is 0 Å². The molecule has 13 heteroatoms. The van der Waals surface area contributed by atoms with E-state index in [1.807, 2.05) is 0 Å². The van der Waals surface area contributed by atoms with Crippen molar-refractivity contribution in [2.75, 3.05) is 23.9 Å². The average Bonchev–Trinajstić information content (AvgIpc) is 3.51. The van der Waals surface area contributed by atoms with Crippen molar-refractivity contribution >= 4 is 64.0 Å². The van der Waals surface area contributed by atoms with Crippen molar-refractivity contribution in [3.8, 4) is 5.75 Å². The zero-order valence-corrected chi connectivity index (χ0v) is 21.3. The number of amides is 3. The number of anilines is 2. The Morgan fingerprint density at radius 2 is 1.74 bits per heavy atom. The van der Waals surface area contributed by atoms with Gasteiger partial charge in [-0.15, -0.1) is 23.2 Å². The van der Waals surface area contributed by atoms with Crippen LogP contribution in [0.3, 0.4) is 0 Å². The summed E-state index contributed by atoms with van der Waals surface area (Å²) in [6.45, 7) is -0.735. The van der Waals surface area contributed by atoms with Crippen LogP contribution in [0.4, 0.5) is 17.1 Å². The van der Waals surface area contributed by atoms with Gasteiger partial charge in [-0.05, 0) is 42.5 Å². The molecule has 6 atom stereocenters. The molecule has 2 aromatic rings. The number of hydrogen-bond acceptors (Lipinski definition) is 8. The average molecular weight is 562 g/mol. The van der Waals surface area contributed by atoms with Crippen molar-refractivity contribution in [3.05, 3.63) is 58.1 Å². The molecule has 0 spiro atoms. The van der Waals surface area contributed by atoms with Gasteiger partial charge in [-0.25, -0.2) is 4.79 Å². The molecule has 38 heavy (non-hydrogen) atoms. The van der Waals surface area contributed by atoms with Gasteiger partial charge < -0.3 is 14.8 Å². The number of methoxy groups -OCH3 is 1. The molecule has 1 N–H and O–H groups in total. The molecule has 2 aromatic carbocycles. The second kappa shape index (κ2) is 9.88. The van der Waals surface area contributed by atoms with E-state index in [0.717, 1.165) is 4.90 Å². The quantitative estimate of drug-likeness (QED) is 0.178. The fraction of sp³-hybridized carbons (Fsp3) is 0.360. The summed E-state index contributed by atoms with van der Waals surface area (Å²) in [6, 6.07) is 9.58. The number of hydrogen-bond donors (Lipinski definition) is 1. The largest absolute Gasteiger partial charge is 0.497 e. The van der Waals surface area contributed by atoms with Crippen LogP contribution in [0.2, 0.25) is 0 Å². The molecule has 1 heterocycles. The first-order valence-corrected chi connectivity index (χ1v) is 12.5. The molecule has 0 radical (unpaired) electrons. The topological polar surface area (TPSA) is 145 Å². The second-order valence-electron chi connectivity index (χ2n) is 9.33. The third kappa shape index (κ3) is 4.25. The lowest BCUT2D eigenvalue weighted by atomic mass is 9.80. The first-order chi connectivity index (χ1) is 18.1. The number of imide groups is 1. The number of benzene rings is 2. The fourth-order valence-corrected chi connectivity index (χ4v) is 6.57. The summed E-state index contributed by atoms with van der Waals surface area (Å²) >= 11 is 12.8. The highest BCUT2D eigenvalue weighted by atomic mass is 35.5. The fourth-order valence-electron chi connectivity index (χ4n) is 5.68. The molecule has 2 aliphatic carbocycles. The molecule has 0 unspecified atom stereocenters. The van der Waals surface area contributed by atoms with Crippen LogP contribution in [0.5, 0.6) is 5.75 Å². The number of nitro groups is 1. The van der Waals surface area contributed by atoms with Gasteiger partial charge in [0, 0.05) is 12.1 Å². The van der Waals surface area contributed by atoms with Gasteiger partial charge in [0.2, 0.25) is 11.8 Å². The smallest absolute Gasteiger partial charge is 0.338 e. The number of nitrogens with zero attached hydrogens (tertiary/aromatic N) is 2. The van der Waals surface area contributed by atoms with Crippen LogP contribution in [0.25, 0.3) is 0 Å². The highest BCUT2D eigenvalue weighted by Crippen LogP contribution is 2.59. The summed E-state index contributed by atoms with van der Waals surface area (Å²) in [5.41, 5.74) is -0.274. The first kappa shape index (κ1) is 25.9. The molecule has 5 rings (SSSR count). The maximum Gasteiger partial charge on any atom is 0.338 e. The van der Waals surface area contributed by atoms with Crippen LogP contribution in [0.1, 0.15) is 16.8 Å². The number of ether oxygens (including phenoxy) is 2. The summed E-state index contributed by atoms with van der Waals surface area (Å²) in [4.78, 5) is 63.0. The maximum atomic E-state index is 13.2. The number of halogens is 2. The number of nitro benzene ring substituents is 1. The van der Waals surface area contributed by atoms with Crippen molar-refractivity contribution < 1.29 is 33.6 Å². The third-order valence-corrected chi connectivity index (χ3v) is 8.66. The molecule has 3 amide bonds.